The van der Waals surface area contributed by atoms with Gasteiger partial charge in [0, 0.05) is 0 Å². The van der Waals surface area contributed by atoms with Crippen LogP contribution >= 0.6 is 0 Å². The molecule has 0 fully saturated rings. The molecule has 0 spiro atoms. The quantitative estimate of drug-likeness (QED) is 0.613. The van der Waals surface area contributed by atoms with Crippen molar-refractivity contribution < 1.29 is 14.6 Å². The third kappa shape index (κ3) is 4.17. The molecule has 0 radical (unpaired) electrons. The smallest absolute Gasteiger partial charge is 0.371 e. The number of aliphatic carboxylic acids is 1. The van der Waals surface area contributed by atoms with E-state index in [2.05, 4.69) is 0 Å². The van der Waals surface area contributed by atoms with E-state index in [1.807, 2.05) is 44.2 Å². The molecular formula is C13H16O3. The van der Waals surface area contributed by atoms with Crippen LogP contribution in [0, 0.1) is 5.92 Å². The fourth-order valence-electron chi connectivity index (χ4n) is 1.12. The Kier molecular flexibility index (Phi) is 4.58. The maximum atomic E-state index is 10.9. The van der Waals surface area contributed by atoms with Gasteiger partial charge in [-0.15, -0.1) is 0 Å². The Bertz CT molecular complexity index is 366. The van der Waals surface area contributed by atoms with Crippen LogP contribution in [0.1, 0.15) is 19.4 Å². The van der Waals surface area contributed by atoms with Gasteiger partial charge in [-0.1, -0.05) is 44.2 Å². The standard InChI is InChI=1S/C13H16O3/c1-10(2)9-16-12(13(14)15)8-11-6-4-3-5-7-11/h3-8,10H,9H2,1-2H3,(H,14,15). The summed E-state index contributed by atoms with van der Waals surface area (Å²) in [5.74, 6) is -0.747. The Morgan fingerprint density at radius 1 is 1.38 bits per heavy atom. The van der Waals surface area contributed by atoms with Crippen molar-refractivity contribution in [3.8, 4) is 0 Å². The van der Waals surface area contributed by atoms with E-state index < -0.39 is 5.97 Å². The van der Waals surface area contributed by atoms with E-state index in [1.54, 1.807) is 0 Å². The molecule has 0 amide bonds. The highest BCUT2D eigenvalue weighted by atomic mass is 16.5. The van der Waals surface area contributed by atoms with Gasteiger partial charge in [0.2, 0.25) is 5.76 Å². The van der Waals surface area contributed by atoms with E-state index in [0.29, 0.717) is 12.5 Å². The molecule has 0 unspecified atom stereocenters. The first kappa shape index (κ1) is 12.3. The second-order valence-corrected chi connectivity index (χ2v) is 3.93. The molecule has 0 aliphatic rings. The molecule has 0 aromatic heterocycles. The first-order valence-electron chi connectivity index (χ1n) is 5.22. The lowest BCUT2D eigenvalue weighted by molar-refractivity contribution is -0.136. The van der Waals surface area contributed by atoms with Gasteiger partial charge in [0.05, 0.1) is 6.61 Å². The summed E-state index contributed by atoms with van der Waals surface area (Å²) in [4.78, 5) is 10.9. The van der Waals surface area contributed by atoms with Gasteiger partial charge in [-0.25, -0.2) is 4.79 Å². The number of carbonyl (C=O) groups is 1. The average Bonchev–Trinajstić information content (AvgIpc) is 2.25. The number of ether oxygens (including phenoxy) is 1. The molecule has 0 atom stereocenters. The average molecular weight is 220 g/mol. The van der Waals surface area contributed by atoms with Crippen LogP contribution in [-0.2, 0) is 9.53 Å². The Balaban J connectivity index is 2.78. The van der Waals surface area contributed by atoms with Gasteiger partial charge in [0.15, 0.2) is 0 Å². The molecule has 0 aliphatic carbocycles. The van der Waals surface area contributed by atoms with E-state index in [1.165, 1.54) is 6.08 Å². The van der Waals surface area contributed by atoms with Crippen molar-refractivity contribution in [3.05, 3.63) is 41.7 Å². The highest BCUT2D eigenvalue weighted by Gasteiger charge is 2.09. The monoisotopic (exact) mass is 220 g/mol. The zero-order valence-electron chi connectivity index (χ0n) is 9.51. The number of hydrogen-bond acceptors (Lipinski definition) is 2. The minimum Gasteiger partial charge on any atom is -0.486 e. The summed E-state index contributed by atoms with van der Waals surface area (Å²) >= 11 is 0. The number of carboxylic acid groups (broad SMARTS) is 1. The molecule has 3 nitrogen and oxygen atoms in total. The largest absolute Gasteiger partial charge is 0.486 e. The summed E-state index contributed by atoms with van der Waals surface area (Å²) < 4.78 is 5.23. The molecular weight excluding hydrogens is 204 g/mol. The number of hydrogen-bond donors (Lipinski definition) is 1. The van der Waals surface area contributed by atoms with Crippen molar-refractivity contribution in [1.82, 2.24) is 0 Å². The molecule has 3 heteroatoms. The zero-order valence-corrected chi connectivity index (χ0v) is 9.51. The van der Waals surface area contributed by atoms with Crippen LogP contribution in [-0.4, -0.2) is 17.7 Å². The van der Waals surface area contributed by atoms with Gasteiger partial charge in [0.25, 0.3) is 0 Å². The van der Waals surface area contributed by atoms with Crippen molar-refractivity contribution in [2.24, 2.45) is 5.92 Å². The van der Waals surface area contributed by atoms with Crippen LogP contribution in [0.3, 0.4) is 0 Å². The van der Waals surface area contributed by atoms with Crippen molar-refractivity contribution >= 4 is 12.0 Å². The predicted molar refractivity (Wildman–Crippen MR) is 62.8 cm³/mol. The number of rotatable bonds is 5. The molecule has 0 bridgehead atoms. The zero-order chi connectivity index (χ0) is 12.0. The summed E-state index contributed by atoms with van der Waals surface area (Å²) in [6.07, 6.45) is 1.53. The Hall–Kier alpha value is -1.77. The summed E-state index contributed by atoms with van der Waals surface area (Å²) in [5, 5.41) is 8.95. The Morgan fingerprint density at radius 3 is 2.50 bits per heavy atom. The molecule has 1 aromatic carbocycles. The molecule has 1 N–H and O–H groups in total. The normalized spacial score (nSPS) is 11.6. The first-order valence-corrected chi connectivity index (χ1v) is 5.22. The Morgan fingerprint density at radius 2 is 2.00 bits per heavy atom. The number of carboxylic acids is 1. The van der Waals surface area contributed by atoms with Crippen LogP contribution < -0.4 is 0 Å². The minimum absolute atomic E-state index is 0.0140. The molecule has 1 rings (SSSR count). The second kappa shape index (κ2) is 5.95. The summed E-state index contributed by atoms with van der Waals surface area (Å²) in [6, 6.07) is 9.26. The molecule has 0 saturated carbocycles. The molecule has 86 valence electrons. The predicted octanol–water partition coefficient (Wildman–Crippen LogP) is 2.78. The van der Waals surface area contributed by atoms with Crippen LogP contribution in [0.25, 0.3) is 6.08 Å². The van der Waals surface area contributed by atoms with E-state index in [0.717, 1.165) is 5.56 Å². The molecule has 0 heterocycles. The summed E-state index contributed by atoms with van der Waals surface area (Å²) in [7, 11) is 0. The maximum absolute atomic E-state index is 10.9. The minimum atomic E-state index is -1.04. The van der Waals surface area contributed by atoms with Crippen molar-refractivity contribution in [2.45, 2.75) is 13.8 Å². The number of benzene rings is 1. The fourth-order valence-corrected chi connectivity index (χ4v) is 1.12. The summed E-state index contributed by atoms with van der Waals surface area (Å²) in [5.41, 5.74) is 0.823. The van der Waals surface area contributed by atoms with E-state index in [-0.39, 0.29) is 5.76 Å². The molecule has 0 saturated heterocycles. The van der Waals surface area contributed by atoms with Crippen molar-refractivity contribution in [3.63, 3.8) is 0 Å². The van der Waals surface area contributed by atoms with Gasteiger partial charge in [0.1, 0.15) is 0 Å². The van der Waals surface area contributed by atoms with Crippen LogP contribution in [0.2, 0.25) is 0 Å². The van der Waals surface area contributed by atoms with Crippen LogP contribution in [0.4, 0.5) is 0 Å². The lowest BCUT2D eigenvalue weighted by Gasteiger charge is -2.08. The highest BCUT2D eigenvalue weighted by Crippen LogP contribution is 2.09. The third-order valence-electron chi connectivity index (χ3n) is 1.88. The van der Waals surface area contributed by atoms with E-state index in [4.69, 9.17) is 9.84 Å². The van der Waals surface area contributed by atoms with Gasteiger partial charge in [-0.3, -0.25) is 0 Å². The summed E-state index contributed by atoms with van der Waals surface area (Å²) in [6.45, 7) is 4.36. The van der Waals surface area contributed by atoms with Gasteiger partial charge >= 0.3 is 5.97 Å². The molecule has 0 aliphatic heterocycles. The topological polar surface area (TPSA) is 46.5 Å². The first-order chi connectivity index (χ1) is 7.59. The van der Waals surface area contributed by atoms with Crippen molar-refractivity contribution in [2.75, 3.05) is 6.61 Å². The maximum Gasteiger partial charge on any atom is 0.371 e. The van der Waals surface area contributed by atoms with Gasteiger partial charge in [-0.2, -0.15) is 0 Å². The van der Waals surface area contributed by atoms with Gasteiger partial charge in [-0.05, 0) is 17.6 Å². The lowest BCUT2D eigenvalue weighted by Crippen LogP contribution is -2.09. The second-order valence-electron chi connectivity index (χ2n) is 3.93. The van der Waals surface area contributed by atoms with Crippen LogP contribution in [0.5, 0.6) is 0 Å². The lowest BCUT2D eigenvalue weighted by atomic mass is 10.2. The van der Waals surface area contributed by atoms with E-state index in [9.17, 15) is 4.79 Å². The SMILES string of the molecule is CC(C)COC(=Cc1ccccc1)C(=O)O. The fraction of sp³-hybridized carbons (Fsp3) is 0.308. The highest BCUT2D eigenvalue weighted by molar-refractivity contribution is 5.89. The molecule has 1 aromatic rings. The van der Waals surface area contributed by atoms with Gasteiger partial charge < -0.3 is 9.84 Å². The third-order valence-corrected chi connectivity index (χ3v) is 1.88. The van der Waals surface area contributed by atoms with E-state index >= 15 is 0 Å². The molecule has 16 heavy (non-hydrogen) atoms. The van der Waals surface area contributed by atoms with Crippen molar-refractivity contribution in [1.29, 1.82) is 0 Å². The van der Waals surface area contributed by atoms with Crippen LogP contribution in [0.15, 0.2) is 36.1 Å². The Labute approximate surface area is 95.4 Å².